The molecule has 0 radical (unpaired) electrons. The molecule has 86 valence electrons. The van der Waals surface area contributed by atoms with Crippen molar-refractivity contribution in [2.75, 3.05) is 5.32 Å². The Labute approximate surface area is 97.5 Å². The molecule has 2 rings (SSSR count). The fourth-order valence-electron chi connectivity index (χ4n) is 1.34. The molecule has 1 aromatic heterocycles. The summed E-state index contributed by atoms with van der Waals surface area (Å²) in [6.07, 6.45) is 4.43. The Kier molecular flexibility index (Phi) is 3.09. The summed E-state index contributed by atoms with van der Waals surface area (Å²) in [7, 11) is 0. The zero-order valence-corrected chi connectivity index (χ0v) is 9.14. The van der Waals surface area contributed by atoms with Crippen LogP contribution in [0.5, 0.6) is 0 Å². The number of amides is 1. The largest absolute Gasteiger partial charge is 0.305 e. The lowest BCUT2D eigenvalue weighted by molar-refractivity contribution is 0.102. The number of hydrogen-bond donors (Lipinski definition) is 1. The van der Waals surface area contributed by atoms with Crippen molar-refractivity contribution in [3.05, 3.63) is 53.7 Å². The van der Waals surface area contributed by atoms with Crippen molar-refractivity contribution in [1.82, 2.24) is 9.97 Å². The minimum Gasteiger partial charge on any atom is -0.305 e. The van der Waals surface area contributed by atoms with Gasteiger partial charge in [-0.2, -0.15) is 0 Å². The van der Waals surface area contributed by atoms with Crippen LogP contribution in [-0.4, -0.2) is 15.9 Å². The van der Waals surface area contributed by atoms with Crippen LogP contribution in [0.15, 0.2) is 36.8 Å². The molecule has 17 heavy (non-hydrogen) atoms. The molecule has 0 aliphatic heterocycles. The first-order valence-electron chi connectivity index (χ1n) is 5.00. The van der Waals surface area contributed by atoms with Crippen LogP contribution in [0.25, 0.3) is 0 Å². The van der Waals surface area contributed by atoms with E-state index in [2.05, 4.69) is 15.3 Å². The Morgan fingerprint density at radius 3 is 2.82 bits per heavy atom. The second-order valence-electron chi connectivity index (χ2n) is 3.51. The van der Waals surface area contributed by atoms with Crippen LogP contribution in [0.3, 0.4) is 0 Å². The number of nitrogens with zero attached hydrogens (tertiary/aromatic N) is 2. The lowest BCUT2D eigenvalue weighted by Crippen LogP contribution is -2.13. The van der Waals surface area contributed by atoms with Gasteiger partial charge in [-0.15, -0.1) is 0 Å². The van der Waals surface area contributed by atoms with Gasteiger partial charge in [-0.3, -0.25) is 9.78 Å². The highest BCUT2D eigenvalue weighted by Crippen LogP contribution is 2.10. The zero-order valence-electron chi connectivity index (χ0n) is 9.14. The fraction of sp³-hybridized carbons (Fsp3) is 0.0833. The van der Waals surface area contributed by atoms with E-state index >= 15 is 0 Å². The van der Waals surface area contributed by atoms with E-state index in [1.807, 2.05) is 0 Å². The van der Waals surface area contributed by atoms with Crippen molar-refractivity contribution >= 4 is 11.7 Å². The van der Waals surface area contributed by atoms with Crippen LogP contribution in [0.2, 0.25) is 0 Å². The molecular formula is C12H10FN3O. The quantitative estimate of drug-likeness (QED) is 0.861. The van der Waals surface area contributed by atoms with Gasteiger partial charge in [-0.25, -0.2) is 9.37 Å². The SMILES string of the molecule is Cc1cc(C(=O)Nc2cnccn2)ccc1F. The summed E-state index contributed by atoms with van der Waals surface area (Å²) in [5.74, 6) is -0.311. The van der Waals surface area contributed by atoms with Crippen molar-refractivity contribution in [1.29, 1.82) is 0 Å². The third-order valence-electron chi connectivity index (χ3n) is 2.22. The molecule has 0 atom stereocenters. The van der Waals surface area contributed by atoms with Crippen molar-refractivity contribution in [3.63, 3.8) is 0 Å². The maximum Gasteiger partial charge on any atom is 0.256 e. The summed E-state index contributed by atoms with van der Waals surface area (Å²) in [6, 6.07) is 4.18. The summed E-state index contributed by atoms with van der Waals surface area (Å²) in [5, 5.41) is 2.57. The number of rotatable bonds is 2. The molecule has 1 heterocycles. The number of aromatic nitrogens is 2. The maximum atomic E-state index is 13.0. The molecular weight excluding hydrogens is 221 g/mol. The van der Waals surface area contributed by atoms with Crippen LogP contribution >= 0.6 is 0 Å². The van der Waals surface area contributed by atoms with Gasteiger partial charge < -0.3 is 5.32 Å². The molecule has 4 nitrogen and oxygen atoms in total. The number of halogens is 1. The second-order valence-corrected chi connectivity index (χ2v) is 3.51. The monoisotopic (exact) mass is 231 g/mol. The van der Waals surface area contributed by atoms with Gasteiger partial charge in [-0.05, 0) is 30.7 Å². The van der Waals surface area contributed by atoms with E-state index < -0.39 is 0 Å². The number of nitrogens with one attached hydrogen (secondary N) is 1. The molecule has 0 saturated heterocycles. The second kappa shape index (κ2) is 4.69. The Balaban J connectivity index is 2.18. The number of carbonyl (C=O) groups excluding carboxylic acids is 1. The van der Waals surface area contributed by atoms with Crippen LogP contribution < -0.4 is 5.32 Å². The third-order valence-corrected chi connectivity index (χ3v) is 2.22. The van der Waals surface area contributed by atoms with E-state index in [4.69, 9.17) is 0 Å². The molecule has 0 fully saturated rings. The van der Waals surface area contributed by atoms with Crippen LogP contribution in [-0.2, 0) is 0 Å². The number of hydrogen-bond acceptors (Lipinski definition) is 3. The van der Waals surface area contributed by atoms with E-state index in [1.54, 1.807) is 6.92 Å². The van der Waals surface area contributed by atoms with Gasteiger partial charge in [0, 0.05) is 18.0 Å². The summed E-state index contributed by atoms with van der Waals surface area (Å²) in [5.41, 5.74) is 0.811. The van der Waals surface area contributed by atoms with E-state index in [1.165, 1.54) is 36.8 Å². The van der Waals surface area contributed by atoms with E-state index in [0.717, 1.165) is 0 Å². The standard InChI is InChI=1S/C12H10FN3O/c1-8-6-9(2-3-10(8)13)12(17)16-11-7-14-4-5-15-11/h2-7H,1H3,(H,15,16,17). The summed E-state index contributed by atoms with van der Waals surface area (Å²) >= 11 is 0. The first kappa shape index (κ1) is 11.2. The van der Waals surface area contributed by atoms with E-state index in [-0.39, 0.29) is 11.7 Å². The normalized spacial score (nSPS) is 10.0. The van der Waals surface area contributed by atoms with Crippen molar-refractivity contribution in [3.8, 4) is 0 Å². The third kappa shape index (κ3) is 2.63. The molecule has 0 aliphatic carbocycles. The molecule has 5 heteroatoms. The molecule has 1 amide bonds. The summed E-state index contributed by atoms with van der Waals surface area (Å²) in [4.78, 5) is 19.5. The predicted octanol–water partition coefficient (Wildman–Crippen LogP) is 2.18. The lowest BCUT2D eigenvalue weighted by Gasteiger charge is -2.04. The van der Waals surface area contributed by atoms with Gasteiger partial charge in [0.25, 0.3) is 5.91 Å². The van der Waals surface area contributed by atoms with Crippen molar-refractivity contribution < 1.29 is 9.18 Å². The molecule has 0 unspecified atom stereocenters. The fourth-order valence-corrected chi connectivity index (χ4v) is 1.34. The molecule has 0 bridgehead atoms. The predicted molar refractivity (Wildman–Crippen MR) is 61.1 cm³/mol. The molecule has 0 saturated carbocycles. The number of benzene rings is 1. The smallest absolute Gasteiger partial charge is 0.256 e. The van der Waals surface area contributed by atoms with Gasteiger partial charge in [0.15, 0.2) is 5.82 Å². The highest BCUT2D eigenvalue weighted by Gasteiger charge is 2.08. The van der Waals surface area contributed by atoms with Gasteiger partial charge in [0.05, 0.1) is 6.20 Å². The zero-order chi connectivity index (χ0) is 12.3. The lowest BCUT2D eigenvalue weighted by atomic mass is 10.1. The Morgan fingerprint density at radius 2 is 2.18 bits per heavy atom. The number of carbonyl (C=O) groups is 1. The minimum absolute atomic E-state index is 0.332. The number of aryl methyl sites for hydroxylation is 1. The molecule has 1 aromatic carbocycles. The van der Waals surface area contributed by atoms with Gasteiger partial charge in [0.1, 0.15) is 5.82 Å². The Morgan fingerprint density at radius 1 is 1.35 bits per heavy atom. The van der Waals surface area contributed by atoms with E-state index in [0.29, 0.717) is 16.9 Å². The average molecular weight is 231 g/mol. The highest BCUT2D eigenvalue weighted by atomic mass is 19.1. The first-order valence-corrected chi connectivity index (χ1v) is 5.00. The molecule has 2 aromatic rings. The van der Waals surface area contributed by atoms with Crippen LogP contribution in [0.4, 0.5) is 10.2 Å². The topological polar surface area (TPSA) is 54.9 Å². The summed E-state index contributed by atoms with van der Waals surface area (Å²) in [6.45, 7) is 1.61. The maximum absolute atomic E-state index is 13.0. The van der Waals surface area contributed by atoms with Crippen molar-refractivity contribution in [2.24, 2.45) is 0 Å². The van der Waals surface area contributed by atoms with Gasteiger partial charge in [-0.1, -0.05) is 0 Å². The minimum atomic E-state index is -0.339. The molecule has 0 aliphatic rings. The summed E-state index contributed by atoms with van der Waals surface area (Å²) < 4.78 is 13.0. The molecule has 1 N–H and O–H groups in total. The highest BCUT2D eigenvalue weighted by molar-refractivity contribution is 6.03. The Hall–Kier alpha value is -2.30. The van der Waals surface area contributed by atoms with Crippen LogP contribution in [0, 0.1) is 12.7 Å². The first-order chi connectivity index (χ1) is 8.16. The van der Waals surface area contributed by atoms with E-state index in [9.17, 15) is 9.18 Å². The Bertz CT molecular complexity index is 543. The number of anilines is 1. The van der Waals surface area contributed by atoms with Gasteiger partial charge >= 0.3 is 0 Å². The van der Waals surface area contributed by atoms with Crippen LogP contribution in [0.1, 0.15) is 15.9 Å². The molecule has 0 spiro atoms. The van der Waals surface area contributed by atoms with Crippen molar-refractivity contribution in [2.45, 2.75) is 6.92 Å². The average Bonchev–Trinajstić information content (AvgIpc) is 2.34. The van der Waals surface area contributed by atoms with Gasteiger partial charge in [0.2, 0.25) is 0 Å².